The van der Waals surface area contributed by atoms with E-state index in [9.17, 15) is 14.9 Å². The highest BCUT2D eigenvalue weighted by molar-refractivity contribution is 5.93. The predicted molar refractivity (Wildman–Crippen MR) is 65.9 cm³/mol. The van der Waals surface area contributed by atoms with Crippen molar-refractivity contribution in [3.63, 3.8) is 0 Å². The van der Waals surface area contributed by atoms with Crippen molar-refractivity contribution >= 4 is 17.3 Å². The lowest BCUT2D eigenvalue weighted by molar-refractivity contribution is -0.385. The molecule has 1 aliphatic carbocycles. The molecule has 2 rings (SSSR count). The second-order valence-electron chi connectivity index (χ2n) is 4.45. The van der Waals surface area contributed by atoms with E-state index >= 15 is 0 Å². The third-order valence-electron chi connectivity index (χ3n) is 3.00. The molecule has 6 heteroatoms. The molecule has 0 aliphatic heterocycles. The first-order valence-electron chi connectivity index (χ1n) is 5.83. The van der Waals surface area contributed by atoms with Crippen LogP contribution in [0.15, 0.2) is 18.2 Å². The van der Waals surface area contributed by atoms with E-state index in [1.165, 1.54) is 31.0 Å². The van der Waals surface area contributed by atoms with Crippen molar-refractivity contribution in [3.05, 3.63) is 33.9 Å². The van der Waals surface area contributed by atoms with Gasteiger partial charge >= 0.3 is 5.97 Å². The van der Waals surface area contributed by atoms with E-state index in [1.54, 1.807) is 0 Å². The SMILES string of the molecule is O=C(O)c1cc(NCCC2CC2)ccc1[N+](=O)[O-]. The Bertz CT molecular complexity index is 483. The number of nitro benzene ring substituents is 1. The second-order valence-corrected chi connectivity index (χ2v) is 4.45. The zero-order valence-electron chi connectivity index (χ0n) is 9.76. The van der Waals surface area contributed by atoms with E-state index in [1.807, 2.05) is 0 Å². The van der Waals surface area contributed by atoms with Crippen LogP contribution in [0.4, 0.5) is 11.4 Å². The molecule has 1 saturated carbocycles. The smallest absolute Gasteiger partial charge is 0.342 e. The zero-order chi connectivity index (χ0) is 13.1. The Hall–Kier alpha value is -2.11. The summed E-state index contributed by atoms with van der Waals surface area (Å²) in [7, 11) is 0. The summed E-state index contributed by atoms with van der Waals surface area (Å²) in [6.07, 6.45) is 3.59. The summed E-state index contributed by atoms with van der Waals surface area (Å²) in [5.41, 5.74) is -0.0506. The first-order chi connectivity index (χ1) is 8.58. The maximum absolute atomic E-state index is 10.9. The molecule has 2 N–H and O–H groups in total. The Morgan fingerprint density at radius 1 is 1.50 bits per heavy atom. The molecule has 18 heavy (non-hydrogen) atoms. The fraction of sp³-hybridized carbons (Fsp3) is 0.417. The van der Waals surface area contributed by atoms with Crippen molar-refractivity contribution in [2.75, 3.05) is 11.9 Å². The lowest BCUT2D eigenvalue weighted by atomic mass is 10.1. The minimum atomic E-state index is -1.28. The number of benzene rings is 1. The molecule has 1 fully saturated rings. The largest absolute Gasteiger partial charge is 0.477 e. The van der Waals surface area contributed by atoms with Crippen LogP contribution in [0.5, 0.6) is 0 Å². The number of anilines is 1. The van der Waals surface area contributed by atoms with Crippen LogP contribution in [0.25, 0.3) is 0 Å². The number of aromatic carboxylic acids is 1. The Balaban J connectivity index is 2.08. The maximum Gasteiger partial charge on any atom is 0.342 e. The number of carbonyl (C=O) groups is 1. The number of hydrogen-bond acceptors (Lipinski definition) is 4. The first kappa shape index (κ1) is 12.3. The molecule has 0 unspecified atom stereocenters. The third kappa shape index (κ3) is 2.97. The second kappa shape index (κ2) is 5.03. The van der Waals surface area contributed by atoms with Crippen molar-refractivity contribution in [2.24, 2.45) is 5.92 Å². The average molecular weight is 250 g/mol. The number of nitro groups is 1. The highest BCUT2D eigenvalue weighted by Gasteiger charge is 2.21. The fourth-order valence-corrected chi connectivity index (χ4v) is 1.80. The molecular weight excluding hydrogens is 236 g/mol. The van der Waals surface area contributed by atoms with E-state index < -0.39 is 10.9 Å². The molecule has 6 nitrogen and oxygen atoms in total. The molecule has 0 saturated heterocycles. The van der Waals surface area contributed by atoms with Gasteiger partial charge in [0.05, 0.1) is 4.92 Å². The van der Waals surface area contributed by atoms with Crippen LogP contribution in [0.1, 0.15) is 29.6 Å². The standard InChI is InChI=1S/C12H14N2O4/c15-12(16)10-7-9(3-4-11(10)14(17)18)13-6-5-8-1-2-8/h3-4,7-8,13H,1-2,5-6H2,(H,15,16). The number of nitrogens with one attached hydrogen (secondary N) is 1. The van der Waals surface area contributed by atoms with Gasteiger partial charge in [0.15, 0.2) is 0 Å². The van der Waals surface area contributed by atoms with Crippen LogP contribution in [0.2, 0.25) is 0 Å². The van der Waals surface area contributed by atoms with Gasteiger partial charge in [-0.05, 0) is 24.5 Å². The zero-order valence-corrected chi connectivity index (χ0v) is 9.76. The minimum Gasteiger partial charge on any atom is -0.477 e. The molecular formula is C12H14N2O4. The normalized spacial score (nSPS) is 14.2. The minimum absolute atomic E-state index is 0.281. The van der Waals surface area contributed by atoms with Gasteiger partial charge in [-0.2, -0.15) is 0 Å². The molecule has 0 amide bonds. The van der Waals surface area contributed by atoms with Gasteiger partial charge in [-0.15, -0.1) is 0 Å². The van der Waals surface area contributed by atoms with Crippen LogP contribution >= 0.6 is 0 Å². The maximum atomic E-state index is 10.9. The highest BCUT2D eigenvalue weighted by Crippen LogP contribution is 2.32. The van der Waals surface area contributed by atoms with E-state index in [0.29, 0.717) is 5.69 Å². The number of hydrogen-bond donors (Lipinski definition) is 2. The first-order valence-corrected chi connectivity index (χ1v) is 5.83. The van der Waals surface area contributed by atoms with Gasteiger partial charge in [-0.25, -0.2) is 4.79 Å². The molecule has 1 aromatic rings. The van der Waals surface area contributed by atoms with Crippen molar-refractivity contribution in [1.29, 1.82) is 0 Å². The van der Waals surface area contributed by atoms with Crippen molar-refractivity contribution in [3.8, 4) is 0 Å². The third-order valence-corrected chi connectivity index (χ3v) is 3.00. The molecule has 0 heterocycles. The molecule has 0 spiro atoms. The van der Waals surface area contributed by atoms with E-state index in [2.05, 4.69) is 5.32 Å². The number of carboxylic acid groups (broad SMARTS) is 1. The van der Waals surface area contributed by atoms with E-state index in [-0.39, 0.29) is 11.3 Å². The monoisotopic (exact) mass is 250 g/mol. The summed E-state index contributed by atoms with van der Waals surface area (Å²) in [6.45, 7) is 0.765. The lowest BCUT2D eigenvalue weighted by Gasteiger charge is -2.06. The van der Waals surface area contributed by atoms with E-state index in [4.69, 9.17) is 5.11 Å². The van der Waals surface area contributed by atoms with Gasteiger partial charge in [0.1, 0.15) is 5.56 Å². The van der Waals surface area contributed by atoms with Crippen LogP contribution in [-0.4, -0.2) is 22.5 Å². The van der Waals surface area contributed by atoms with Gasteiger partial charge in [0.2, 0.25) is 0 Å². The summed E-state index contributed by atoms with van der Waals surface area (Å²) in [6, 6.07) is 4.08. The van der Waals surface area contributed by atoms with Crippen LogP contribution in [0, 0.1) is 16.0 Å². The number of carboxylic acids is 1. The Labute approximate surface area is 104 Å². The van der Waals surface area contributed by atoms with Crippen molar-refractivity contribution in [1.82, 2.24) is 0 Å². The van der Waals surface area contributed by atoms with Gasteiger partial charge in [0, 0.05) is 18.3 Å². The summed E-state index contributed by atoms with van der Waals surface area (Å²) in [5, 5.41) is 22.7. The van der Waals surface area contributed by atoms with Gasteiger partial charge < -0.3 is 10.4 Å². The quantitative estimate of drug-likeness (QED) is 0.597. The van der Waals surface area contributed by atoms with Crippen molar-refractivity contribution < 1.29 is 14.8 Å². The molecule has 0 radical (unpaired) electrons. The predicted octanol–water partition coefficient (Wildman–Crippen LogP) is 2.51. The summed E-state index contributed by atoms with van der Waals surface area (Å²) in [4.78, 5) is 20.9. The molecule has 0 bridgehead atoms. The molecule has 1 aromatic carbocycles. The Morgan fingerprint density at radius 3 is 2.78 bits per heavy atom. The van der Waals surface area contributed by atoms with Gasteiger partial charge in [-0.1, -0.05) is 12.8 Å². The fourth-order valence-electron chi connectivity index (χ4n) is 1.80. The molecule has 1 aliphatic rings. The summed E-state index contributed by atoms with van der Waals surface area (Å²) < 4.78 is 0. The van der Waals surface area contributed by atoms with Crippen molar-refractivity contribution in [2.45, 2.75) is 19.3 Å². The lowest BCUT2D eigenvalue weighted by Crippen LogP contribution is -2.06. The average Bonchev–Trinajstić information content (AvgIpc) is 3.12. The van der Waals surface area contributed by atoms with Gasteiger partial charge in [0.25, 0.3) is 5.69 Å². The summed E-state index contributed by atoms with van der Waals surface area (Å²) in [5.74, 6) is -0.498. The Kier molecular flexibility index (Phi) is 3.45. The molecule has 0 aromatic heterocycles. The van der Waals surface area contributed by atoms with Crippen LogP contribution in [0.3, 0.4) is 0 Å². The molecule has 0 atom stereocenters. The summed E-state index contributed by atoms with van der Waals surface area (Å²) >= 11 is 0. The van der Waals surface area contributed by atoms with Gasteiger partial charge in [-0.3, -0.25) is 10.1 Å². The molecule has 96 valence electrons. The highest BCUT2D eigenvalue weighted by atomic mass is 16.6. The topological polar surface area (TPSA) is 92.5 Å². The van der Waals surface area contributed by atoms with Crippen LogP contribution < -0.4 is 5.32 Å². The number of rotatable bonds is 6. The Morgan fingerprint density at radius 2 is 2.22 bits per heavy atom. The van der Waals surface area contributed by atoms with E-state index in [0.717, 1.165) is 18.9 Å². The van der Waals surface area contributed by atoms with Crippen LogP contribution in [-0.2, 0) is 0 Å². The number of nitrogens with zero attached hydrogens (tertiary/aromatic N) is 1.